The van der Waals surface area contributed by atoms with Crippen molar-refractivity contribution in [1.29, 1.82) is 0 Å². The van der Waals surface area contributed by atoms with Gasteiger partial charge in [0.25, 0.3) is 5.56 Å². The monoisotopic (exact) mass is 277 g/mol. The molecular formula is C8H5F6NO3. The maximum Gasteiger partial charge on any atom is 0.491 e. The second-order valence-corrected chi connectivity index (χ2v) is 2.68. The Bertz CT molecular complexity index is 461. The Morgan fingerprint density at radius 1 is 1.11 bits per heavy atom. The topological polar surface area (TPSA) is 59.3 Å². The van der Waals surface area contributed by atoms with Crippen LogP contribution in [0, 0.1) is 0 Å². The Morgan fingerprint density at radius 3 is 1.78 bits per heavy atom. The summed E-state index contributed by atoms with van der Waals surface area (Å²) >= 11 is 0. The molecule has 1 heterocycles. The molecule has 0 unspecified atom stereocenters. The van der Waals surface area contributed by atoms with Crippen molar-refractivity contribution in [2.45, 2.75) is 12.5 Å². The van der Waals surface area contributed by atoms with Crippen molar-refractivity contribution in [3.63, 3.8) is 0 Å². The molecule has 0 amide bonds. The Hall–Kier alpha value is -2.00. The summed E-state index contributed by atoms with van der Waals surface area (Å²) in [6.07, 6.45) is -9.01. The summed E-state index contributed by atoms with van der Waals surface area (Å²) in [6.45, 7) is 0. The minimum absolute atomic E-state index is 0.285. The Labute approximate surface area is 95.1 Å². The Balaban J connectivity index is 0.000000360. The van der Waals surface area contributed by atoms with Gasteiger partial charge in [0.15, 0.2) is 0 Å². The number of hydrogen-bond acceptors (Lipinski definition) is 2. The van der Waals surface area contributed by atoms with E-state index in [1.54, 1.807) is 0 Å². The highest BCUT2D eigenvalue weighted by Gasteiger charge is 2.38. The minimum Gasteiger partial charge on any atom is -0.475 e. The maximum absolute atomic E-state index is 11.8. The van der Waals surface area contributed by atoms with E-state index in [1.807, 2.05) is 0 Å². The normalized spacial score (nSPS) is 11.4. The van der Waals surface area contributed by atoms with Crippen LogP contribution in [0.25, 0.3) is 0 Å². The van der Waals surface area contributed by atoms with Crippen molar-refractivity contribution < 1.29 is 36.2 Å². The van der Waals surface area contributed by atoms with Gasteiger partial charge in [0.1, 0.15) is 0 Å². The third-order valence-corrected chi connectivity index (χ3v) is 1.34. The van der Waals surface area contributed by atoms with Crippen molar-refractivity contribution in [2.75, 3.05) is 0 Å². The number of rotatable bonds is 0. The molecule has 102 valence electrons. The van der Waals surface area contributed by atoms with E-state index >= 15 is 0 Å². The zero-order valence-electron chi connectivity index (χ0n) is 8.29. The lowest BCUT2D eigenvalue weighted by Crippen LogP contribution is -2.29. The van der Waals surface area contributed by atoms with Gasteiger partial charge in [-0.15, -0.1) is 13.2 Å². The van der Waals surface area contributed by atoms with Crippen LogP contribution in [0.1, 0.15) is 0 Å². The van der Waals surface area contributed by atoms with Gasteiger partial charge >= 0.3 is 18.4 Å². The fourth-order valence-electron chi connectivity index (χ4n) is 0.637. The van der Waals surface area contributed by atoms with Gasteiger partial charge in [-0.2, -0.15) is 13.2 Å². The number of alkyl halides is 6. The van der Waals surface area contributed by atoms with Crippen LogP contribution in [0.5, 0.6) is 0 Å². The summed E-state index contributed by atoms with van der Waals surface area (Å²) in [4.78, 5) is 19.4. The molecule has 0 bridgehead atoms. The van der Waals surface area contributed by atoms with Gasteiger partial charge in [-0.25, -0.2) is 9.36 Å². The molecule has 1 rings (SSSR count). The molecule has 0 saturated heterocycles. The first-order valence-electron chi connectivity index (χ1n) is 4.01. The zero-order chi connectivity index (χ0) is 14.6. The van der Waals surface area contributed by atoms with Crippen LogP contribution in [-0.2, 0) is 11.1 Å². The highest BCUT2D eigenvalue weighted by Crippen LogP contribution is 2.18. The molecule has 0 aliphatic carbocycles. The van der Waals surface area contributed by atoms with E-state index in [0.29, 0.717) is 6.20 Å². The molecule has 0 atom stereocenters. The number of pyridine rings is 1. The third-order valence-electron chi connectivity index (χ3n) is 1.34. The number of aliphatic carboxylic acids is 1. The molecular weight excluding hydrogens is 272 g/mol. The van der Waals surface area contributed by atoms with Gasteiger partial charge in [-0.1, -0.05) is 6.07 Å². The van der Waals surface area contributed by atoms with Crippen molar-refractivity contribution in [3.8, 4) is 0 Å². The number of carboxylic acid groups (broad SMARTS) is 1. The van der Waals surface area contributed by atoms with Crippen LogP contribution in [0.15, 0.2) is 29.2 Å². The smallest absolute Gasteiger partial charge is 0.475 e. The van der Waals surface area contributed by atoms with Crippen LogP contribution < -0.4 is 5.56 Å². The molecule has 10 heteroatoms. The fourth-order valence-corrected chi connectivity index (χ4v) is 0.637. The van der Waals surface area contributed by atoms with Gasteiger partial charge in [-0.3, -0.25) is 4.79 Å². The lowest BCUT2D eigenvalue weighted by Gasteiger charge is -2.07. The summed E-state index contributed by atoms with van der Waals surface area (Å²) in [5.74, 6) is -2.76. The SMILES string of the molecule is O=C(O)C(F)(F)F.O=c1ccccn1C(F)(F)F. The highest BCUT2D eigenvalue weighted by molar-refractivity contribution is 5.73. The van der Waals surface area contributed by atoms with E-state index in [-0.39, 0.29) is 4.57 Å². The van der Waals surface area contributed by atoms with Crippen LogP contribution >= 0.6 is 0 Å². The van der Waals surface area contributed by atoms with E-state index in [4.69, 9.17) is 9.90 Å². The number of halogens is 6. The quantitative estimate of drug-likeness (QED) is 0.737. The molecule has 0 radical (unpaired) electrons. The first kappa shape index (κ1) is 16.0. The van der Waals surface area contributed by atoms with E-state index in [1.165, 1.54) is 6.07 Å². The average molecular weight is 277 g/mol. The molecule has 0 saturated carbocycles. The van der Waals surface area contributed by atoms with Gasteiger partial charge in [-0.05, 0) is 6.07 Å². The molecule has 18 heavy (non-hydrogen) atoms. The number of carboxylic acids is 1. The standard InChI is InChI=1S/C6H4F3NO.C2HF3O2/c7-6(8,9)10-4-2-1-3-5(10)11;3-2(4,5)1(6)7/h1-4H;(H,6,7). The Kier molecular flexibility index (Phi) is 4.94. The van der Waals surface area contributed by atoms with Gasteiger partial charge < -0.3 is 5.11 Å². The summed E-state index contributed by atoms with van der Waals surface area (Å²) < 4.78 is 66.9. The van der Waals surface area contributed by atoms with Crippen LogP contribution in [0.3, 0.4) is 0 Å². The summed E-state index contributed by atoms with van der Waals surface area (Å²) in [5, 5.41) is 7.12. The highest BCUT2D eigenvalue weighted by atomic mass is 19.4. The molecule has 0 fully saturated rings. The van der Waals surface area contributed by atoms with E-state index < -0.39 is 24.0 Å². The molecule has 0 aliphatic heterocycles. The maximum atomic E-state index is 11.8. The van der Waals surface area contributed by atoms with Crippen molar-refractivity contribution in [2.24, 2.45) is 0 Å². The first-order valence-corrected chi connectivity index (χ1v) is 4.01. The van der Waals surface area contributed by atoms with Crippen molar-refractivity contribution >= 4 is 5.97 Å². The number of nitrogens with zero attached hydrogens (tertiary/aromatic N) is 1. The minimum atomic E-state index is -5.08. The van der Waals surface area contributed by atoms with Crippen LogP contribution in [0.4, 0.5) is 26.3 Å². The third kappa shape index (κ3) is 5.37. The molecule has 1 aromatic rings. The van der Waals surface area contributed by atoms with Gasteiger partial charge in [0.05, 0.1) is 0 Å². The second-order valence-electron chi connectivity index (χ2n) is 2.68. The molecule has 0 aliphatic rings. The van der Waals surface area contributed by atoms with E-state index in [2.05, 4.69) is 0 Å². The van der Waals surface area contributed by atoms with Crippen LogP contribution in [0.2, 0.25) is 0 Å². The number of carbonyl (C=O) groups is 1. The van der Waals surface area contributed by atoms with Crippen molar-refractivity contribution in [1.82, 2.24) is 4.57 Å². The lowest BCUT2D eigenvalue weighted by molar-refractivity contribution is -0.206. The fraction of sp³-hybridized carbons (Fsp3) is 0.250. The second kappa shape index (κ2) is 5.56. The predicted molar refractivity (Wildman–Crippen MR) is 45.7 cm³/mol. The largest absolute Gasteiger partial charge is 0.491 e. The summed E-state index contributed by atoms with van der Waals surface area (Å²) in [6, 6.07) is 3.26. The van der Waals surface area contributed by atoms with Gasteiger partial charge in [0, 0.05) is 12.3 Å². The Morgan fingerprint density at radius 2 is 1.56 bits per heavy atom. The number of hydrogen-bond donors (Lipinski definition) is 1. The predicted octanol–water partition coefficient (Wildman–Crippen LogP) is 1.96. The lowest BCUT2D eigenvalue weighted by atomic mass is 10.5. The summed E-state index contributed by atoms with van der Waals surface area (Å²) in [5.41, 5.74) is -1.07. The van der Waals surface area contributed by atoms with Crippen LogP contribution in [-0.4, -0.2) is 21.8 Å². The molecule has 1 aromatic heterocycles. The van der Waals surface area contributed by atoms with Gasteiger partial charge in [0.2, 0.25) is 0 Å². The summed E-state index contributed by atoms with van der Waals surface area (Å²) in [7, 11) is 0. The van der Waals surface area contributed by atoms with Crippen molar-refractivity contribution in [3.05, 3.63) is 34.7 Å². The molecule has 1 N–H and O–H groups in total. The van der Waals surface area contributed by atoms with E-state index in [9.17, 15) is 31.1 Å². The zero-order valence-corrected chi connectivity index (χ0v) is 8.29. The molecule has 0 spiro atoms. The first-order chi connectivity index (χ1) is 7.96. The van der Waals surface area contributed by atoms with E-state index in [0.717, 1.165) is 12.1 Å². The molecule has 0 aromatic carbocycles. The number of aromatic nitrogens is 1. The average Bonchev–Trinajstić information content (AvgIpc) is 2.15. The molecule has 4 nitrogen and oxygen atoms in total.